The topological polar surface area (TPSA) is 86.9 Å². The van der Waals surface area contributed by atoms with Gasteiger partial charge in [-0.3, -0.25) is 9.69 Å². The third kappa shape index (κ3) is 3.91. The minimum absolute atomic E-state index is 0.154. The lowest BCUT2D eigenvalue weighted by Crippen LogP contribution is -2.54. The second-order valence-electron chi connectivity index (χ2n) is 5.65. The Hall–Kier alpha value is -0.700. The molecule has 0 spiro atoms. The monoisotopic (exact) mass is 304 g/mol. The van der Waals surface area contributed by atoms with Crippen LogP contribution in [0.1, 0.15) is 26.2 Å². The van der Waals surface area contributed by atoms with E-state index in [1.807, 2.05) is 9.80 Å². The molecule has 2 saturated heterocycles. The van der Waals surface area contributed by atoms with E-state index in [-0.39, 0.29) is 5.91 Å². The zero-order valence-corrected chi connectivity index (χ0v) is 12.8. The molecular weight excluding hydrogens is 280 g/mol. The third-order valence-electron chi connectivity index (χ3n) is 4.17. The van der Waals surface area contributed by atoms with Crippen LogP contribution in [-0.4, -0.2) is 73.7 Å². The molecule has 0 aromatic rings. The minimum Gasteiger partial charge on any atom is -0.339 e. The van der Waals surface area contributed by atoms with Gasteiger partial charge in [-0.2, -0.15) is 12.7 Å². The Kier molecular flexibility index (Phi) is 5.00. The van der Waals surface area contributed by atoms with Crippen molar-refractivity contribution in [3.63, 3.8) is 0 Å². The summed E-state index contributed by atoms with van der Waals surface area (Å²) in [5.74, 6) is 0.154. The summed E-state index contributed by atoms with van der Waals surface area (Å²) >= 11 is 0. The van der Waals surface area contributed by atoms with Crippen LogP contribution in [0, 0.1) is 0 Å². The van der Waals surface area contributed by atoms with Crippen molar-refractivity contribution in [3.05, 3.63) is 0 Å². The van der Waals surface area contributed by atoms with E-state index in [4.69, 9.17) is 5.14 Å². The second kappa shape index (κ2) is 6.38. The summed E-state index contributed by atoms with van der Waals surface area (Å²) in [6, 6.07) is 0.321. The van der Waals surface area contributed by atoms with Gasteiger partial charge in [-0.1, -0.05) is 0 Å². The minimum atomic E-state index is -3.60. The maximum Gasteiger partial charge on any atom is 0.276 e. The van der Waals surface area contributed by atoms with E-state index in [1.54, 1.807) is 0 Å². The smallest absolute Gasteiger partial charge is 0.276 e. The summed E-state index contributed by atoms with van der Waals surface area (Å²) < 4.78 is 23.7. The fourth-order valence-corrected chi connectivity index (χ4v) is 3.57. The van der Waals surface area contributed by atoms with Crippen LogP contribution in [-0.2, 0) is 15.0 Å². The lowest BCUT2D eigenvalue weighted by Gasteiger charge is -2.37. The number of carbonyl (C=O) groups is 1. The lowest BCUT2D eigenvalue weighted by molar-refractivity contribution is -0.135. The first-order valence-electron chi connectivity index (χ1n) is 7.17. The standard InChI is InChI=1S/C12H24N4O3S/c1-11-4-2-3-5-16(11)12(17)10-14-6-8-15(9-7-14)20(13,18)19/h11H,2-10H2,1H3,(H2,13,18,19). The number of nitrogens with zero attached hydrogens (tertiary/aromatic N) is 3. The van der Waals surface area contributed by atoms with Crippen molar-refractivity contribution in [2.75, 3.05) is 39.3 Å². The molecule has 7 nitrogen and oxygen atoms in total. The second-order valence-corrected chi connectivity index (χ2v) is 7.20. The van der Waals surface area contributed by atoms with E-state index in [9.17, 15) is 13.2 Å². The quantitative estimate of drug-likeness (QED) is 0.740. The SMILES string of the molecule is CC1CCCCN1C(=O)CN1CCN(S(N)(=O)=O)CC1. The molecule has 1 unspecified atom stereocenters. The van der Waals surface area contributed by atoms with Gasteiger partial charge in [0.15, 0.2) is 0 Å². The zero-order chi connectivity index (χ0) is 14.8. The fourth-order valence-electron chi connectivity index (χ4n) is 2.89. The average molecular weight is 304 g/mol. The summed E-state index contributed by atoms with van der Waals surface area (Å²) in [6.07, 6.45) is 3.35. The van der Waals surface area contributed by atoms with Crippen LogP contribution in [0.25, 0.3) is 0 Å². The Morgan fingerprint density at radius 2 is 1.80 bits per heavy atom. The van der Waals surface area contributed by atoms with Gasteiger partial charge in [0, 0.05) is 38.8 Å². The summed E-state index contributed by atoms with van der Waals surface area (Å²) in [5.41, 5.74) is 0. The van der Waals surface area contributed by atoms with Gasteiger partial charge in [0.05, 0.1) is 6.54 Å². The van der Waals surface area contributed by atoms with Gasteiger partial charge < -0.3 is 4.90 Å². The lowest BCUT2D eigenvalue weighted by atomic mass is 10.0. The molecule has 116 valence electrons. The van der Waals surface area contributed by atoms with Crippen molar-refractivity contribution in [2.24, 2.45) is 5.14 Å². The summed E-state index contributed by atoms with van der Waals surface area (Å²) in [4.78, 5) is 16.2. The molecule has 8 heteroatoms. The van der Waals surface area contributed by atoms with Crippen molar-refractivity contribution in [3.8, 4) is 0 Å². The van der Waals surface area contributed by atoms with Crippen LogP contribution in [0.15, 0.2) is 0 Å². The van der Waals surface area contributed by atoms with Crippen molar-refractivity contribution in [1.82, 2.24) is 14.1 Å². The van der Waals surface area contributed by atoms with E-state index in [0.29, 0.717) is 38.8 Å². The highest BCUT2D eigenvalue weighted by Gasteiger charge is 2.28. The molecule has 0 saturated carbocycles. The molecule has 0 aromatic heterocycles. The van der Waals surface area contributed by atoms with Crippen molar-refractivity contribution < 1.29 is 13.2 Å². The summed E-state index contributed by atoms with van der Waals surface area (Å²) in [7, 11) is -3.60. The van der Waals surface area contributed by atoms with E-state index < -0.39 is 10.2 Å². The molecule has 2 aliphatic heterocycles. The molecule has 2 rings (SSSR count). The summed E-state index contributed by atoms with van der Waals surface area (Å²) in [5, 5.41) is 5.10. The highest BCUT2D eigenvalue weighted by Crippen LogP contribution is 2.17. The van der Waals surface area contributed by atoms with Crippen LogP contribution in [0.2, 0.25) is 0 Å². The van der Waals surface area contributed by atoms with Gasteiger partial charge in [0.2, 0.25) is 5.91 Å². The van der Waals surface area contributed by atoms with Crippen molar-refractivity contribution in [1.29, 1.82) is 0 Å². The number of rotatable bonds is 3. The zero-order valence-electron chi connectivity index (χ0n) is 12.0. The van der Waals surface area contributed by atoms with Crippen molar-refractivity contribution >= 4 is 16.1 Å². The molecule has 1 amide bonds. The predicted octanol–water partition coefficient (Wildman–Crippen LogP) is -0.791. The third-order valence-corrected chi connectivity index (χ3v) is 5.26. The molecule has 2 heterocycles. The molecule has 2 aliphatic rings. The highest BCUT2D eigenvalue weighted by molar-refractivity contribution is 7.86. The van der Waals surface area contributed by atoms with E-state index in [1.165, 1.54) is 10.7 Å². The van der Waals surface area contributed by atoms with Crippen LogP contribution in [0.4, 0.5) is 0 Å². The van der Waals surface area contributed by atoms with Crippen LogP contribution in [0.5, 0.6) is 0 Å². The number of likely N-dealkylation sites (tertiary alicyclic amines) is 1. The molecule has 2 N–H and O–H groups in total. The van der Waals surface area contributed by atoms with E-state index in [2.05, 4.69) is 6.92 Å². The largest absolute Gasteiger partial charge is 0.339 e. The number of amides is 1. The molecule has 0 radical (unpaired) electrons. The maximum absolute atomic E-state index is 12.3. The molecular formula is C12H24N4O3S. The Morgan fingerprint density at radius 1 is 1.15 bits per heavy atom. The van der Waals surface area contributed by atoms with Gasteiger partial charge in [-0.05, 0) is 26.2 Å². The molecule has 0 bridgehead atoms. The molecule has 0 aliphatic carbocycles. The first-order chi connectivity index (χ1) is 9.38. The number of piperazine rings is 1. The van der Waals surface area contributed by atoms with Gasteiger partial charge in [0.1, 0.15) is 0 Å². The first kappa shape index (κ1) is 15.7. The number of hydrogen-bond acceptors (Lipinski definition) is 4. The van der Waals surface area contributed by atoms with E-state index in [0.717, 1.165) is 19.4 Å². The fraction of sp³-hybridized carbons (Fsp3) is 0.917. The number of nitrogens with two attached hydrogens (primary N) is 1. The Bertz CT molecular complexity index is 446. The van der Waals surface area contributed by atoms with Crippen molar-refractivity contribution in [2.45, 2.75) is 32.2 Å². The molecule has 20 heavy (non-hydrogen) atoms. The van der Waals surface area contributed by atoms with Gasteiger partial charge in [-0.15, -0.1) is 0 Å². The molecule has 2 fully saturated rings. The maximum atomic E-state index is 12.3. The Morgan fingerprint density at radius 3 is 2.35 bits per heavy atom. The normalized spacial score (nSPS) is 26.7. The molecule has 0 aromatic carbocycles. The van der Waals surface area contributed by atoms with Gasteiger partial charge in [-0.25, -0.2) is 5.14 Å². The predicted molar refractivity (Wildman–Crippen MR) is 76.1 cm³/mol. The molecule has 1 atom stereocenters. The summed E-state index contributed by atoms with van der Waals surface area (Å²) in [6.45, 7) is 5.16. The van der Waals surface area contributed by atoms with E-state index >= 15 is 0 Å². The average Bonchev–Trinajstić information content (AvgIpc) is 2.38. The van der Waals surface area contributed by atoms with Gasteiger partial charge in [0.25, 0.3) is 10.2 Å². The van der Waals surface area contributed by atoms with Crippen LogP contribution in [0.3, 0.4) is 0 Å². The number of piperidine rings is 1. The van der Waals surface area contributed by atoms with Crippen LogP contribution >= 0.6 is 0 Å². The number of hydrogen-bond donors (Lipinski definition) is 1. The Balaban J connectivity index is 1.82. The first-order valence-corrected chi connectivity index (χ1v) is 8.68. The van der Waals surface area contributed by atoms with Gasteiger partial charge >= 0.3 is 0 Å². The van der Waals surface area contributed by atoms with Crippen LogP contribution < -0.4 is 5.14 Å². The number of carbonyl (C=O) groups excluding carboxylic acids is 1. The Labute approximate surface area is 120 Å². The highest BCUT2D eigenvalue weighted by atomic mass is 32.2.